The first-order valence-electron chi connectivity index (χ1n) is 9.97. The summed E-state index contributed by atoms with van der Waals surface area (Å²) in [7, 11) is 3.27. The number of thiophene rings is 1. The summed E-state index contributed by atoms with van der Waals surface area (Å²) in [4.78, 5) is 27.4. The lowest BCUT2D eigenvalue weighted by Crippen LogP contribution is -2.34. The van der Waals surface area contributed by atoms with Gasteiger partial charge in [-0.25, -0.2) is 4.79 Å². The predicted octanol–water partition coefficient (Wildman–Crippen LogP) is 3.85. The SMILES string of the molecule is CCOC(=O)c1sc(NC(=O)CN(Cc2cc(OC)ccc2OC)C2CC2)cc1C. The average molecular weight is 433 g/mol. The van der Waals surface area contributed by atoms with Crippen molar-refractivity contribution in [2.24, 2.45) is 0 Å². The molecule has 8 heteroatoms. The van der Waals surface area contributed by atoms with Gasteiger partial charge in [-0.05, 0) is 56.5 Å². The Morgan fingerprint density at radius 2 is 1.97 bits per heavy atom. The Kier molecular flexibility index (Phi) is 7.33. The Morgan fingerprint density at radius 3 is 2.60 bits per heavy atom. The van der Waals surface area contributed by atoms with Gasteiger partial charge in [0, 0.05) is 18.2 Å². The number of ether oxygens (including phenoxy) is 3. The maximum atomic E-state index is 12.7. The monoisotopic (exact) mass is 432 g/mol. The minimum absolute atomic E-state index is 0.111. The number of carbonyl (C=O) groups is 2. The van der Waals surface area contributed by atoms with Crippen molar-refractivity contribution in [3.05, 3.63) is 40.3 Å². The molecule has 0 aliphatic heterocycles. The summed E-state index contributed by atoms with van der Waals surface area (Å²) in [6.07, 6.45) is 2.15. The second-order valence-electron chi connectivity index (χ2n) is 7.21. The summed E-state index contributed by atoms with van der Waals surface area (Å²) in [5.74, 6) is 1.06. The quantitative estimate of drug-likeness (QED) is 0.575. The molecular formula is C22H28N2O5S. The van der Waals surface area contributed by atoms with Crippen LogP contribution in [-0.4, -0.2) is 50.2 Å². The summed E-state index contributed by atoms with van der Waals surface area (Å²) < 4.78 is 15.9. The zero-order valence-corrected chi connectivity index (χ0v) is 18.6. The fourth-order valence-electron chi connectivity index (χ4n) is 3.28. The van der Waals surface area contributed by atoms with Gasteiger partial charge in [-0.1, -0.05) is 0 Å². The van der Waals surface area contributed by atoms with E-state index in [-0.39, 0.29) is 18.4 Å². The van der Waals surface area contributed by atoms with Crippen molar-refractivity contribution in [2.45, 2.75) is 39.3 Å². The van der Waals surface area contributed by atoms with Crippen LogP contribution in [-0.2, 0) is 16.1 Å². The van der Waals surface area contributed by atoms with Gasteiger partial charge in [-0.2, -0.15) is 0 Å². The van der Waals surface area contributed by atoms with Gasteiger partial charge in [0.15, 0.2) is 0 Å². The Bertz CT molecular complexity index is 907. The third kappa shape index (κ3) is 5.52. The second-order valence-corrected chi connectivity index (χ2v) is 8.26. The average Bonchev–Trinajstić information content (AvgIpc) is 3.50. The lowest BCUT2D eigenvalue weighted by Gasteiger charge is -2.22. The topological polar surface area (TPSA) is 77.1 Å². The number of anilines is 1. The fourth-order valence-corrected chi connectivity index (χ4v) is 4.27. The molecular weight excluding hydrogens is 404 g/mol. The molecule has 162 valence electrons. The van der Waals surface area contributed by atoms with Crippen molar-refractivity contribution in [3.8, 4) is 11.5 Å². The van der Waals surface area contributed by atoms with E-state index < -0.39 is 0 Å². The largest absolute Gasteiger partial charge is 0.497 e. The third-order valence-electron chi connectivity index (χ3n) is 4.91. The van der Waals surface area contributed by atoms with E-state index in [1.165, 1.54) is 11.3 Å². The van der Waals surface area contributed by atoms with Gasteiger partial charge < -0.3 is 19.5 Å². The minimum Gasteiger partial charge on any atom is -0.497 e. The normalized spacial score (nSPS) is 13.2. The lowest BCUT2D eigenvalue weighted by molar-refractivity contribution is -0.117. The lowest BCUT2D eigenvalue weighted by atomic mass is 10.1. The second kappa shape index (κ2) is 9.95. The van der Waals surface area contributed by atoms with Crippen LogP contribution in [0.1, 0.15) is 40.6 Å². The van der Waals surface area contributed by atoms with Crippen LogP contribution < -0.4 is 14.8 Å². The highest BCUT2D eigenvalue weighted by Crippen LogP contribution is 2.32. The highest BCUT2D eigenvalue weighted by molar-refractivity contribution is 7.18. The number of hydrogen-bond donors (Lipinski definition) is 1. The summed E-state index contributed by atoms with van der Waals surface area (Å²) >= 11 is 1.24. The molecule has 1 amide bonds. The molecule has 1 aromatic carbocycles. The summed E-state index contributed by atoms with van der Waals surface area (Å²) in [5.41, 5.74) is 1.78. The van der Waals surface area contributed by atoms with Crippen molar-refractivity contribution in [2.75, 3.05) is 32.7 Å². The van der Waals surface area contributed by atoms with E-state index in [2.05, 4.69) is 10.2 Å². The van der Waals surface area contributed by atoms with Crippen LogP contribution in [0, 0.1) is 6.92 Å². The summed E-state index contributed by atoms with van der Waals surface area (Å²) in [6.45, 7) is 4.78. The summed E-state index contributed by atoms with van der Waals surface area (Å²) in [6, 6.07) is 7.87. The van der Waals surface area contributed by atoms with Crippen molar-refractivity contribution in [1.82, 2.24) is 4.90 Å². The molecule has 0 atom stereocenters. The number of nitrogens with zero attached hydrogens (tertiary/aromatic N) is 1. The maximum Gasteiger partial charge on any atom is 0.348 e. The number of methoxy groups -OCH3 is 2. The molecule has 1 aliphatic carbocycles. The number of nitrogens with one attached hydrogen (secondary N) is 1. The molecule has 0 unspecified atom stereocenters. The number of benzene rings is 1. The van der Waals surface area contributed by atoms with Gasteiger partial charge in [-0.3, -0.25) is 9.69 Å². The molecule has 1 saturated carbocycles. The zero-order valence-electron chi connectivity index (χ0n) is 17.8. The van der Waals surface area contributed by atoms with Crippen molar-refractivity contribution in [3.63, 3.8) is 0 Å². The van der Waals surface area contributed by atoms with Crippen LogP contribution in [0.3, 0.4) is 0 Å². The first kappa shape index (κ1) is 22.1. The highest BCUT2D eigenvalue weighted by atomic mass is 32.1. The van der Waals surface area contributed by atoms with E-state index in [1.54, 1.807) is 27.2 Å². The molecule has 1 aromatic heterocycles. The van der Waals surface area contributed by atoms with E-state index >= 15 is 0 Å². The molecule has 3 rings (SSSR count). The Hall–Kier alpha value is -2.58. The molecule has 7 nitrogen and oxygen atoms in total. The van der Waals surface area contributed by atoms with Gasteiger partial charge in [0.05, 0.1) is 32.4 Å². The smallest absolute Gasteiger partial charge is 0.348 e. The molecule has 1 fully saturated rings. The maximum absolute atomic E-state index is 12.7. The van der Waals surface area contributed by atoms with E-state index in [0.717, 1.165) is 35.5 Å². The number of esters is 1. The minimum atomic E-state index is -0.356. The van der Waals surface area contributed by atoms with Crippen LogP contribution in [0.4, 0.5) is 5.00 Å². The molecule has 0 bridgehead atoms. The van der Waals surface area contributed by atoms with Crippen LogP contribution >= 0.6 is 11.3 Å². The van der Waals surface area contributed by atoms with Crippen molar-refractivity contribution >= 4 is 28.2 Å². The van der Waals surface area contributed by atoms with Gasteiger partial charge >= 0.3 is 5.97 Å². The molecule has 2 aromatic rings. The number of hydrogen-bond acceptors (Lipinski definition) is 7. The van der Waals surface area contributed by atoms with Crippen molar-refractivity contribution < 1.29 is 23.8 Å². The van der Waals surface area contributed by atoms with Gasteiger partial charge in [0.2, 0.25) is 5.91 Å². The van der Waals surface area contributed by atoms with E-state index in [9.17, 15) is 9.59 Å². The van der Waals surface area contributed by atoms with E-state index in [0.29, 0.717) is 29.1 Å². The fraction of sp³-hybridized carbons (Fsp3) is 0.455. The number of amides is 1. The highest BCUT2D eigenvalue weighted by Gasteiger charge is 2.31. The Labute approximate surface area is 180 Å². The van der Waals surface area contributed by atoms with Crippen LogP contribution in [0.15, 0.2) is 24.3 Å². The molecule has 0 spiro atoms. The van der Waals surface area contributed by atoms with Gasteiger partial charge in [0.1, 0.15) is 16.4 Å². The van der Waals surface area contributed by atoms with Crippen LogP contribution in [0.25, 0.3) is 0 Å². The summed E-state index contributed by atoms with van der Waals surface area (Å²) in [5, 5.41) is 3.57. The number of carbonyl (C=O) groups excluding carboxylic acids is 2. The third-order valence-corrected chi connectivity index (χ3v) is 6.04. The van der Waals surface area contributed by atoms with Crippen LogP contribution in [0.5, 0.6) is 11.5 Å². The van der Waals surface area contributed by atoms with E-state index in [1.807, 2.05) is 25.1 Å². The first-order valence-corrected chi connectivity index (χ1v) is 10.8. The first-order chi connectivity index (χ1) is 14.4. The standard InChI is InChI=1S/C22H28N2O5S/c1-5-29-22(26)21-14(2)10-20(30-21)23-19(25)13-24(16-6-7-16)12-15-11-17(27-3)8-9-18(15)28-4/h8-11,16H,5-7,12-13H2,1-4H3,(H,23,25). The van der Waals surface area contributed by atoms with Gasteiger partial charge in [-0.15, -0.1) is 11.3 Å². The molecule has 1 heterocycles. The molecule has 0 radical (unpaired) electrons. The zero-order chi connectivity index (χ0) is 21.7. The van der Waals surface area contributed by atoms with Crippen LogP contribution in [0.2, 0.25) is 0 Å². The molecule has 1 N–H and O–H groups in total. The van der Waals surface area contributed by atoms with E-state index in [4.69, 9.17) is 14.2 Å². The Balaban J connectivity index is 1.67. The molecule has 1 aliphatic rings. The molecule has 30 heavy (non-hydrogen) atoms. The predicted molar refractivity (Wildman–Crippen MR) is 117 cm³/mol. The van der Waals surface area contributed by atoms with Crippen molar-refractivity contribution in [1.29, 1.82) is 0 Å². The Morgan fingerprint density at radius 1 is 1.20 bits per heavy atom. The number of aryl methyl sites for hydroxylation is 1. The van der Waals surface area contributed by atoms with Gasteiger partial charge in [0.25, 0.3) is 0 Å². The molecule has 0 saturated heterocycles. The number of rotatable bonds is 10.